The van der Waals surface area contributed by atoms with Gasteiger partial charge in [0.05, 0.1) is 17.3 Å². The Bertz CT molecular complexity index is 1220. The van der Waals surface area contributed by atoms with Gasteiger partial charge in [0.25, 0.3) is 5.91 Å². The van der Waals surface area contributed by atoms with Crippen LogP contribution in [0, 0.1) is 23.0 Å². The average molecular weight is 452 g/mol. The van der Waals surface area contributed by atoms with Gasteiger partial charge in [0.15, 0.2) is 0 Å². The first-order chi connectivity index (χ1) is 15.7. The summed E-state index contributed by atoms with van der Waals surface area (Å²) in [6, 6.07) is 6.10. The van der Waals surface area contributed by atoms with Crippen molar-refractivity contribution < 1.29 is 18.1 Å². The number of rotatable bonds is 5. The van der Waals surface area contributed by atoms with E-state index in [0.29, 0.717) is 30.9 Å². The first kappa shape index (κ1) is 22.4. The van der Waals surface area contributed by atoms with Crippen LogP contribution in [0.5, 0.6) is 0 Å². The van der Waals surface area contributed by atoms with Crippen molar-refractivity contribution in [2.45, 2.75) is 31.8 Å². The number of hydrogen-bond donors (Lipinski definition) is 2. The summed E-state index contributed by atoms with van der Waals surface area (Å²) in [7, 11) is 0. The van der Waals surface area contributed by atoms with E-state index < -0.39 is 29.1 Å². The SMILES string of the molecule is CC(NC(=O)c1cnc(C#N)c(-c2cc(F)cc(F)c2)c1N1CC[C@](C)(N)C1)c1ccon1. The third-order valence-corrected chi connectivity index (χ3v) is 5.62. The van der Waals surface area contributed by atoms with Crippen molar-refractivity contribution in [3.63, 3.8) is 0 Å². The van der Waals surface area contributed by atoms with Gasteiger partial charge in [-0.25, -0.2) is 13.8 Å². The Morgan fingerprint density at radius 2 is 2.09 bits per heavy atom. The third kappa shape index (κ3) is 4.54. The second-order valence-corrected chi connectivity index (χ2v) is 8.46. The fourth-order valence-corrected chi connectivity index (χ4v) is 4.02. The minimum Gasteiger partial charge on any atom is -0.368 e. The number of amides is 1. The molecule has 1 unspecified atom stereocenters. The zero-order valence-corrected chi connectivity index (χ0v) is 18.1. The number of carbonyl (C=O) groups is 1. The maximum Gasteiger partial charge on any atom is 0.255 e. The molecule has 1 fully saturated rings. The zero-order chi connectivity index (χ0) is 23.8. The predicted octanol–water partition coefficient (Wildman–Crippen LogP) is 3.30. The normalized spacial score (nSPS) is 18.7. The highest BCUT2D eigenvalue weighted by Crippen LogP contribution is 2.39. The van der Waals surface area contributed by atoms with Crippen LogP contribution < -0.4 is 16.0 Å². The maximum absolute atomic E-state index is 14.1. The van der Waals surface area contributed by atoms with Crippen LogP contribution in [-0.4, -0.2) is 34.7 Å². The third-order valence-electron chi connectivity index (χ3n) is 5.62. The van der Waals surface area contributed by atoms with Crippen molar-refractivity contribution in [1.82, 2.24) is 15.5 Å². The number of nitrogens with one attached hydrogen (secondary N) is 1. The van der Waals surface area contributed by atoms with Crippen LogP contribution in [0.4, 0.5) is 14.5 Å². The maximum atomic E-state index is 14.1. The van der Waals surface area contributed by atoms with Gasteiger partial charge in [-0.15, -0.1) is 0 Å². The predicted molar refractivity (Wildman–Crippen MR) is 116 cm³/mol. The Labute approximate surface area is 189 Å². The summed E-state index contributed by atoms with van der Waals surface area (Å²) in [5.41, 5.74) is 7.04. The molecule has 1 aromatic carbocycles. The largest absolute Gasteiger partial charge is 0.368 e. The average Bonchev–Trinajstić information content (AvgIpc) is 3.41. The molecule has 10 heteroatoms. The van der Waals surface area contributed by atoms with Crippen molar-refractivity contribution >= 4 is 11.6 Å². The Balaban J connectivity index is 1.88. The van der Waals surface area contributed by atoms with Gasteiger partial charge in [0, 0.05) is 42.5 Å². The van der Waals surface area contributed by atoms with Crippen LogP contribution in [0.25, 0.3) is 11.1 Å². The van der Waals surface area contributed by atoms with Crippen molar-refractivity contribution in [2.75, 3.05) is 18.0 Å². The number of benzene rings is 1. The van der Waals surface area contributed by atoms with E-state index >= 15 is 0 Å². The molecular weight excluding hydrogens is 430 g/mol. The van der Waals surface area contributed by atoms with Crippen molar-refractivity contribution in [1.29, 1.82) is 5.26 Å². The van der Waals surface area contributed by atoms with E-state index in [2.05, 4.69) is 15.5 Å². The molecule has 33 heavy (non-hydrogen) atoms. The topological polar surface area (TPSA) is 121 Å². The van der Waals surface area contributed by atoms with Crippen molar-refractivity contribution in [3.05, 3.63) is 65.3 Å². The second kappa shape index (κ2) is 8.60. The molecule has 0 spiro atoms. The molecule has 2 aromatic heterocycles. The number of nitriles is 1. The van der Waals surface area contributed by atoms with Gasteiger partial charge in [-0.2, -0.15) is 5.26 Å². The Morgan fingerprint density at radius 3 is 2.67 bits per heavy atom. The minimum atomic E-state index is -0.806. The lowest BCUT2D eigenvalue weighted by Crippen LogP contribution is -2.40. The highest BCUT2D eigenvalue weighted by Gasteiger charge is 2.35. The summed E-state index contributed by atoms with van der Waals surface area (Å²) >= 11 is 0. The highest BCUT2D eigenvalue weighted by molar-refractivity contribution is 6.04. The van der Waals surface area contributed by atoms with E-state index in [0.717, 1.165) is 18.2 Å². The second-order valence-electron chi connectivity index (χ2n) is 8.46. The first-order valence-corrected chi connectivity index (χ1v) is 10.3. The molecular formula is C23H22F2N6O2. The van der Waals surface area contributed by atoms with E-state index in [-0.39, 0.29) is 22.4 Å². The number of anilines is 1. The molecule has 3 N–H and O–H groups in total. The number of aromatic nitrogens is 2. The van der Waals surface area contributed by atoms with Gasteiger partial charge >= 0.3 is 0 Å². The summed E-state index contributed by atoms with van der Waals surface area (Å²) in [5.74, 6) is -2.10. The van der Waals surface area contributed by atoms with E-state index in [9.17, 15) is 18.8 Å². The van der Waals surface area contributed by atoms with Gasteiger partial charge < -0.3 is 20.5 Å². The fourth-order valence-electron chi connectivity index (χ4n) is 4.02. The lowest BCUT2D eigenvalue weighted by Gasteiger charge is -2.27. The standard InChI is InChI=1S/C23H22F2N6O2/c1-13(18-3-6-33-30-18)29-22(32)17-11-28-19(10-26)20(14-7-15(24)9-16(25)8-14)21(17)31-5-4-23(2,27)12-31/h3,6-9,11,13H,4-5,12,27H2,1-2H3,(H,29,32)/t13?,23-/m0/s1. The minimum absolute atomic E-state index is 0.0540. The van der Waals surface area contributed by atoms with Crippen molar-refractivity contribution in [3.8, 4) is 17.2 Å². The van der Waals surface area contributed by atoms with E-state index in [1.165, 1.54) is 12.5 Å². The lowest BCUT2D eigenvalue weighted by atomic mass is 9.97. The summed E-state index contributed by atoms with van der Waals surface area (Å²) in [6.07, 6.45) is 3.32. The van der Waals surface area contributed by atoms with Gasteiger partial charge in [-0.05, 0) is 38.0 Å². The number of nitrogens with two attached hydrogens (primary N) is 1. The number of carbonyl (C=O) groups excluding carboxylic acids is 1. The molecule has 0 bridgehead atoms. The van der Waals surface area contributed by atoms with Crippen LogP contribution >= 0.6 is 0 Å². The van der Waals surface area contributed by atoms with Crippen LogP contribution in [0.3, 0.4) is 0 Å². The fraction of sp³-hybridized carbons (Fsp3) is 0.304. The summed E-state index contributed by atoms with van der Waals surface area (Å²) in [4.78, 5) is 19.3. The van der Waals surface area contributed by atoms with Gasteiger partial charge in [-0.1, -0.05) is 5.16 Å². The summed E-state index contributed by atoms with van der Waals surface area (Å²) < 4.78 is 33.0. The highest BCUT2D eigenvalue weighted by atomic mass is 19.1. The molecule has 3 heterocycles. The van der Waals surface area contributed by atoms with Crippen LogP contribution in [0.15, 0.2) is 41.2 Å². The summed E-state index contributed by atoms with van der Waals surface area (Å²) in [5, 5.41) is 16.4. The quantitative estimate of drug-likeness (QED) is 0.609. The summed E-state index contributed by atoms with van der Waals surface area (Å²) in [6.45, 7) is 4.49. The van der Waals surface area contributed by atoms with Crippen LogP contribution in [-0.2, 0) is 0 Å². The Hall–Kier alpha value is -3.84. The Kier molecular flexibility index (Phi) is 5.82. The van der Waals surface area contributed by atoms with Crippen LogP contribution in [0.2, 0.25) is 0 Å². The smallest absolute Gasteiger partial charge is 0.255 e. The van der Waals surface area contributed by atoms with E-state index in [4.69, 9.17) is 10.3 Å². The molecule has 0 radical (unpaired) electrons. The van der Waals surface area contributed by atoms with Gasteiger partial charge in [0.2, 0.25) is 0 Å². The number of nitrogens with zero attached hydrogens (tertiary/aromatic N) is 4. The molecule has 1 amide bonds. The van der Waals surface area contributed by atoms with E-state index in [1.54, 1.807) is 13.0 Å². The zero-order valence-electron chi connectivity index (χ0n) is 18.1. The molecule has 1 saturated heterocycles. The molecule has 1 aliphatic heterocycles. The molecule has 0 saturated carbocycles. The number of halogens is 2. The molecule has 4 rings (SSSR count). The number of hydrogen-bond acceptors (Lipinski definition) is 7. The first-order valence-electron chi connectivity index (χ1n) is 10.3. The molecule has 3 aromatic rings. The van der Waals surface area contributed by atoms with Crippen LogP contribution in [0.1, 0.15) is 48.1 Å². The molecule has 2 atom stereocenters. The van der Waals surface area contributed by atoms with E-state index in [1.807, 2.05) is 17.9 Å². The molecule has 170 valence electrons. The van der Waals surface area contributed by atoms with Gasteiger partial charge in [0.1, 0.15) is 35.4 Å². The Morgan fingerprint density at radius 1 is 1.36 bits per heavy atom. The lowest BCUT2D eigenvalue weighted by molar-refractivity contribution is 0.0938. The monoisotopic (exact) mass is 452 g/mol. The molecule has 8 nitrogen and oxygen atoms in total. The number of pyridine rings is 1. The molecule has 0 aliphatic carbocycles. The van der Waals surface area contributed by atoms with Gasteiger partial charge in [-0.3, -0.25) is 4.79 Å². The molecule has 1 aliphatic rings. The van der Waals surface area contributed by atoms with Crippen molar-refractivity contribution in [2.24, 2.45) is 5.73 Å².